The zero-order valence-electron chi connectivity index (χ0n) is 6.19. The molecular weight excluding hydrogens is 135 g/mol. The summed E-state index contributed by atoms with van der Waals surface area (Å²) in [5.74, 6) is -1.67. The molecule has 0 bridgehead atoms. The largest absolute Gasteiger partial charge is 0.461 e. The van der Waals surface area contributed by atoms with Crippen molar-refractivity contribution in [2.24, 2.45) is 0 Å². The average Bonchev–Trinajstić information content (AvgIpc) is 1.89. The van der Waals surface area contributed by atoms with Crippen molar-refractivity contribution in [2.75, 3.05) is 6.61 Å². The van der Waals surface area contributed by atoms with Gasteiger partial charge in [-0.1, -0.05) is 6.92 Å². The highest BCUT2D eigenvalue weighted by atomic mass is 19.1. The fourth-order valence-corrected chi connectivity index (χ4v) is 0.463. The van der Waals surface area contributed by atoms with Gasteiger partial charge in [-0.05, 0) is 19.4 Å². The summed E-state index contributed by atoms with van der Waals surface area (Å²) < 4.78 is 16.7. The van der Waals surface area contributed by atoms with Gasteiger partial charge in [0.15, 0.2) is 0 Å². The highest BCUT2D eigenvalue weighted by Gasteiger charge is 2.06. The van der Waals surface area contributed by atoms with Crippen LogP contribution in [0.1, 0.15) is 20.3 Å². The van der Waals surface area contributed by atoms with Crippen LogP contribution in [0.2, 0.25) is 0 Å². The van der Waals surface area contributed by atoms with E-state index < -0.39 is 11.8 Å². The second kappa shape index (κ2) is 4.97. The Morgan fingerprint density at radius 1 is 1.60 bits per heavy atom. The van der Waals surface area contributed by atoms with Gasteiger partial charge in [0.1, 0.15) is 0 Å². The molecule has 0 aliphatic heterocycles. The molecule has 0 unspecified atom stereocenters. The lowest BCUT2D eigenvalue weighted by atomic mass is 10.4. The van der Waals surface area contributed by atoms with Crippen molar-refractivity contribution in [1.82, 2.24) is 0 Å². The van der Waals surface area contributed by atoms with E-state index in [0.717, 1.165) is 0 Å². The van der Waals surface area contributed by atoms with E-state index in [1.807, 2.05) is 0 Å². The second-order valence-electron chi connectivity index (χ2n) is 1.68. The molecule has 10 heavy (non-hydrogen) atoms. The Morgan fingerprint density at radius 2 is 2.20 bits per heavy atom. The molecule has 0 heterocycles. The summed E-state index contributed by atoms with van der Waals surface area (Å²) in [5, 5.41) is 0. The molecule has 0 fully saturated rings. The monoisotopic (exact) mass is 146 g/mol. The molecular formula is C7H11FO2. The molecule has 0 saturated heterocycles. The van der Waals surface area contributed by atoms with Gasteiger partial charge in [0.2, 0.25) is 5.83 Å². The van der Waals surface area contributed by atoms with Crippen molar-refractivity contribution in [3.63, 3.8) is 0 Å². The molecule has 0 radical (unpaired) electrons. The van der Waals surface area contributed by atoms with E-state index in [1.54, 1.807) is 13.8 Å². The Balaban J connectivity index is 3.82. The number of allylic oxidation sites excluding steroid dienone is 1. The number of carbonyl (C=O) groups is 1. The average molecular weight is 146 g/mol. The topological polar surface area (TPSA) is 26.3 Å². The fraction of sp³-hybridized carbons (Fsp3) is 0.571. The zero-order chi connectivity index (χ0) is 7.98. The van der Waals surface area contributed by atoms with Gasteiger partial charge in [0.05, 0.1) is 6.61 Å². The first-order valence-corrected chi connectivity index (χ1v) is 3.25. The quantitative estimate of drug-likeness (QED) is 0.448. The molecule has 0 spiro atoms. The second-order valence-corrected chi connectivity index (χ2v) is 1.68. The molecule has 58 valence electrons. The SMILES string of the molecule is CCC=C(F)C(=O)OCC. The third-order valence-corrected chi connectivity index (χ3v) is 0.854. The van der Waals surface area contributed by atoms with E-state index in [2.05, 4.69) is 4.74 Å². The van der Waals surface area contributed by atoms with Crippen molar-refractivity contribution < 1.29 is 13.9 Å². The van der Waals surface area contributed by atoms with Gasteiger partial charge in [-0.3, -0.25) is 0 Å². The van der Waals surface area contributed by atoms with Crippen LogP contribution in [0, 0.1) is 0 Å². The van der Waals surface area contributed by atoms with Crippen molar-refractivity contribution >= 4 is 5.97 Å². The number of ether oxygens (including phenoxy) is 1. The number of hydrogen-bond acceptors (Lipinski definition) is 2. The summed E-state index contributed by atoms with van der Waals surface area (Å²) >= 11 is 0. The highest BCUT2D eigenvalue weighted by molar-refractivity contribution is 5.85. The minimum Gasteiger partial charge on any atom is -0.461 e. The van der Waals surface area contributed by atoms with Crippen LogP contribution in [0.3, 0.4) is 0 Å². The third-order valence-electron chi connectivity index (χ3n) is 0.854. The van der Waals surface area contributed by atoms with Crippen molar-refractivity contribution in [3.05, 3.63) is 11.9 Å². The Kier molecular flexibility index (Phi) is 4.54. The van der Waals surface area contributed by atoms with Gasteiger partial charge >= 0.3 is 5.97 Å². The molecule has 0 aliphatic carbocycles. The number of carbonyl (C=O) groups excluding carboxylic acids is 1. The van der Waals surface area contributed by atoms with Gasteiger partial charge < -0.3 is 4.74 Å². The predicted octanol–water partition coefficient (Wildman–Crippen LogP) is 1.81. The zero-order valence-corrected chi connectivity index (χ0v) is 6.19. The van der Waals surface area contributed by atoms with Crippen LogP contribution in [0.25, 0.3) is 0 Å². The van der Waals surface area contributed by atoms with Crippen LogP contribution in [0.4, 0.5) is 4.39 Å². The van der Waals surface area contributed by atoms with Crippen molar-refractivity contribution in [2.45, 2.75) is 20.3 Å². The van der Waals surface area contributed by atoms with E-state index in [0.29, 0.717) is 6.42 Å². The maximum Gasteiger partial charge on any atom is 0.366 e. The van der Waals surface area contributed by atoms with Crippen molar-refractivity contribution in [3.8, 4) is 0 Å². The summed E-state index contributed by atoms with van der Waals surface area (Å²) in [6, 6.07) is 0. The fourth-order valence-electron chi connectivity index (χ4n) is 0.463. The summed E-state index contributed by atoms with van der Waals surface area (Å²) in [6.07, 6.45) is 1.70. The molecule has 2 nitrogen and oxygen atoms in total. The molecule has 0 saturated carbocycles. The normalized spacial score (nSPS) is 11.3. The molecule has 0 aromatic carbocycles. The molecule has 0 rings (SSSR count). The van der Waals surface area contributed by atoms with Crippen LogP contribution in [-0.4, -0.2) is 12.6 Å². The standard InChI is InChI=1S/C7H11FO2/c1-3-5-6(8)7(9)10-4-2/h5H,3-4H2,1-2H3. The van der Waals surface area contributed by atoms with Gasteiger partial charge in [0, 0.05) is 0 Å². The summed E-state index contributed by atoms with van der Waals surface area (Å²) in [7, 11) is 0. The lowest BCUT2D eigenvalue weighted by Gasteiger charge is -1.96. The lowest BCUT2D eigenvalue weighted by Crippen LogP contribution is -2.03. The number of hydrogen-bond donors (Lipinski definition) is 0. The van der Waals surface area contributed by atoms with Gasteiger partial charge in [-0.2, -0.15) is 4.39 Å². The molecule has 0 atom stereocenters. The number of esters is 1. The van der Waals surface area contributed by atoms with Gasteiger partial charge in [-0.15, -0.1) is 0 Å². The lowest BCUT2D eigenvalue weighted by molar-refractivity contribution is -0.140. The molecule has 3 heteroatoms. The summed E-state index contributed by atoms with van der Waals surface area (Å²) in [5.41, 5.74) is 0. The molecule has 0 aliphatic rings. The van der Waals surface area contributed by atoms with E-state index in [4.69, 9.17) is 0 Å². The first-order valence-electron chi connectivity index (χ1n) is 3.25. The first-order chi connectivity index (χ1) is 4.72. The summed E-state index contributed by atoms with van der Waals surface area (Å²) in [6.45, 7) is 3.60. The smallest absolute Gasteiger partial charge is 0.366 e. The van der Waals surface area contributed by atoms with Crippen molar-refractivity contribution in [1.29, 1.82) is 0 Å². The Bertz CT molecular complexity index is 141. The van der Waals surface area contributed by atoms with E-state index in [9.17, 15) is 9.18 Å². The third kappa shape index (κ3) is 3.22. The maximum atomic E-state index is 12.4. The molecule has 0 aromatic rings. The van der Waals surface area contributed by atoms with Crippen LogP contribution >= 0.6 is 0 Å². The van der Waals surface area contributed by atoms with Crippen LogP contribution in [-0.2, 0) is 9.53 Å². The van der Waals surface area contributed by atoms with Gasteiger partial charge in [-0.25, -0.2) is 4.79 Å². The van der Waals surface area contributed by atoms with E-state index in [-0.39, 0.29) is 6.61 Å². The Labute approximate surface area is 59.7 Å². The predicted molar refractivity (Wildman–Crippen MR) is 36.1 cm³/mol. The highest BCUT2D eigenvalue weighted by Crippen LogP contribution is 2.00. The first kappa shape index (κ1) is 9.14. The van der Waals surface area contributed by atoms with Crippen LogP contribution in [0.5, 0.6) is 0 Å². The number of halogens is 1. The summed E-state index contributed by atoms with van der Waals surface area (Å²) in [4.78, 5) is 10.5. The van der Waals surface area contributed by atoms with E-state index >= 15 is 0 Å². The van der Waals surface area contributed by atoms with Gasteiger partial charge in [0.25, 0.3) is 0 Å². The molecule has 0 amide bonds. The Morgan fingerprint density at radius 3 is 2.60 bits per heavy atom. The Hall–Kier alpha value is -0.860. The van der Waals surface area contributed by atoms with Crippen LogP contribution < -0.4 is 0 Å². The van der Waals surface area contributed by atoms with E-state index in [1.165, 1.54) is 6.08 Å². The van der Waals surface area contributed by atoms with Crippen LogP contribution in [0.15, 0.2) is 11.9 Å². The minimum atomic E-state index is -0.871. The maximum absolute atomic E-state index is 12.4. The molecule has 0 aromatic heterocycles. The number of rotatable bonds is 3. The minimum absolute atomic E-state index is 0.212. The molecule has 0 N–H and O–H groups in total.